The van der Waals surface area contributed by atoms with Crippen molar-refractivity contribution in [2.24, 2.45) is 23.7 Å². The summed E-state index contributed by atoms with van der Waals surface area (Å²) in [5.41, 5.74) is 0.816. The van der Waals surface area contributed by atoms with Gasteiger partial charge in [-0.15, -0.1) is 17.3 Å². The highest BCUT2D eigenvalue weighted by Crippen LogP contribution is 2.45. The third kappa shape index (κ3) is 14.7. The number of methoxy groups -OCH3 is 2. The number of cyclic esters (lactones) is 1. The molecular formula is C54H94FN5O12S. The van der Waals surface area contributed by atoms with Gasteiger partial charge in [-0.05, 0) is 104 Å². The maximum absolute atomic E-state index is 15.0. The average molecular weight is 1060 g/mol. The normalized spacial score (nSPS) is 39.7. The Bertz CT molecular complexity index is 1910. The molecule has 19 atom stereocenters. The number of carbonyl (C=O) groups excluding carboxylic acids is 1. The Morgan fingerprint density at radius 3 is 2.26 bits per heavy atom. The molecule has 0 bridgehead atoms. The summed E-state index contributed by atoms with van der Waals surface area (Å²) in [6.45, 7) is 18.9. The maximum Gasteiger partial charge on any atom is 0.309 e. The van der Waals surface area contributed by atoms with E-state index in [4.69, 9.17) is 28.4 Å². The zero-order valence-electron chi connectivity index (χ0n) is 46.6. The number of rotatable bonds is 17. The third-order valence-corrected chi connectivity index (χ3v) is 17.8. The highest BCUT2D eigenvalue weighted by atomic mass is 32.2. The van der Waals surface area contributed by atoms with Crippen molar-refractivity contribution in [3.8, 4) is 0 Å². The van der Waals surface area contributed by atoms with Gasteiger partial charge < -0.3 is 63.8 Å². The molecule has 0 radical (unpaired) electrons. The van der Waals surface area contributed by atoms with Crippen LogP contribution in [0.1, 0.15) is 119 Å². The van der Waals surface area contributed by atoms with Crippen molar-refractivity contribution in [2.75, 3.05) is 67.5 Å². The second-order valence-corrected chi connectivity index (χ2v) is 23.8. The monoisotopic (exact) mass is 1060 g/mol. The highest BCUT2D eigenvalue weighted by Gasteiger charge is 2.54. The lowest BCUT2D eigenvalue weighted by Crippen LogP contribution is -2.61. The summed E-state index contributed by atoms with van der Waals surface area (Å²) in [4.78, 5) is 19.9. The van der Waals surface area contributed by atoms with Crippen LogP contribution in [0.2, 0.25) is 0 Å². The molecule has 420 valence electrons. The SMILES string of the molecule is CC[C@H]1OC(=O)[C@H](C)C([C@H]2C[C@@](C)(OC)[C@@H](O)[C@H](C)O2)[C@H](C)[C@@H](O[C@H]2C[C@@H](N(C)CCC3=CN([C@H](CF)[C@H](OC)c4ccc(SCCO)cc4)NN3C)C[C@@H](C)O2)[C@](C)(O)C[C@@H](C)CN(C)[C@H](C)C(O)C1(C)O. The van der Waals surface area contributed by atoms with Gasteiger partial charge in [-0.1, -0.05) is 39.8 Å². The molecule has 3 saturated heterocycles. The van der Waals surface area contributed by atoms with Gasteiger partial charge in [-0.3, -0.25) is 14.8 Å². The fraction of sp³-hybridized carbons (Fsp3) is 0.833. The molecule has 3 fully saturated rings. The number of aliphatic hydroxyl groups excluding tert-OH is 3. The number of nitrogens with one attached hydrogen (secondary N) is 1. The Morgan fingerprint density at radius 2 is 1.66 bits per heavy atom. The van der Waals surface area contributed by atoms with E-state index in [2.05, 4.69) is 17.5 Å². The molecule has 73 heavy (non-hydrogen) atoms. The Hall–Kier alpha value is -2.21. The van der Waals surface area contributed by atoms with E-state index in [9.17, 15) is 34.7 Å². The Balaban J connectivity index is 1.42. The summed E-state index contributed by atoms with van der Waals surface area (Å²) in [5.74, 6) is -2.23. The zero-order chi connectivity index (χ0) is 54.3. The van der Waals surface area contributed by atoms with Crippen LogP contribution >= 0.6 is 11.8 Å². The number of hydrogen-bond acceptors (Lipinski definition) is 18. The van der Waals surface area contributed by atoms with E-state index in [0.29, 0.717) is 31.7 Å². The van der Waals surface area contributed by atoms with Gasteiger partial charge in [-0.2, -0.15) is 0 Å². The van der Waals surface area contributed by atoms with Gasteiger partial charge in [0.1, 0.15) is 42.7 Å². The number of aliphatic hydroxyl groups is 5. The second-order valence-electron chi connectivity index (χ2n) is 22.6. The minimum absolute atomic E-state index is 0.0259. The summed E-state index contributed by atoms with van der Waals surface area (Å²) in [7, 11) is 9.01. The quantitative estimate of drug-likeness (QED) is 0.0870. The van der Waals surface area contributed by atoms with Gasteiger partial charge in [0.2, 0.25) is 0 Å². The van der Waals surface area contributed by atoms with Crippen molar-refractivity contribution in [1.29, 1.82) is 0 Å². The van der Waals surface area contributed by atoms with Gasteiger partial charge in [0.25, 0.3) is 0 Å². The van der Waals surface area contributed by atoms with Crippen LogP contribution in [0, 0.1) is 23.7 Å². The first kappa shape index (κ1) is 61.6. The molecule has 4 aliphatic heterocycles. The Morgan fingerprint density at radius 1 is 0.986 bits per heavy atom. The van der Waals surface area contributed by atoms with Gasteiger partial charge in [0.05, 0.1) is 48.1 Å². The summed E-state index contributed by atoms with van der Waals surface area (Å²) in [6, 6.07) is 6.66. The molecule has 0 aromatic heterocycles. The van der Waals surface area contributed by atoms with Crippen LogP contribution in [0.15, 0.2) is 41.1 Å². The molecule has 17 nitrogen and oxygen atoms in total. The number of esters is 1. The van der Waals surface area contributed by atoms with Crippen LogP contribution in [0.4, 0.5) is 4.39 Å². The lowest BCUT2D eigenvalue weighted by atomic mass is 9.68. The average Bonchev–Trinajstić information content (AvgIpc) is 3.71. The van der Waals surface area contributed by atoms with Crippen molar-refractivity contribution in [1.82, 2.24) is 25.4 Å². The van der Waals surface area contributed by atoms with Crippen LogP contribution in [-0.2, 0) is 33.2 Å². The molecule has 6 N–H and O–H groups in total. The lowest BCUT2D eigenvalue weighted by Gasteiger charge is -2.51. The van der Waals surface area contributed by atoms with E-state index >= 15 is 0 Å². The van der Waals surface area contributed by atoms with Crippen molar-refractivity contribution < 1.29 is 63.1 Å². The largest absolute Gasteiger partial charge is 0.459 e. The van der Waals surface area contributed by atoms with Crippen LogP contribution < -0.4 is 5.53 Å². The summed E-state index contributed by atoms with van der Waals surface area (Å²) in [5, 5.41) is 60.9. The van der Waals surface area contributed by atoms with Crippen molar-refractivity contribution in [3.63, 3.8) is 0 Å². The number of likely N-dealkylation sites (N-methyl/N-ethyl adjacent to an activating group) is 1. The second kappa shape index (κ2) is 26.4. The van der Waals surface area contributed by atoms with Gasteiger partial charge in [0.15, 0.2) is 6.29 Å². The number of ether oxygens (including phenoxy) is 6. The summed E-state index contributed by atoms with van der Waals surface area (Å²) in [6.07, 6.45) is -2.43. The summed E-state index contributed by atoms with van der Waals surface area (Å²) < 4.78 is 53.5. The van der Waals surface area contributed by atoms with Crippen LogP contribution in [-0.4, -0.2) is 203 Å². The number of benzene rings is 1. The number of hydrogen-bond donors (Lipinski definition) is 6. The van der Waals surface area contributed by atoms with E-state index < -0.39 is 108 Å². The number of thioether (sulfide) groups is 1. The topological polar surface area (TPSA) is 199 Å². The smallest absolute Gasteiger partial charge is 0.309 e. The molecule has 5 rings (SSSR count). The molecule has 3 unspecified atom stereocenters. The standard InChI is InChI=1S/C54H94FN5O12S/c1-16-44-54(10,66)48(62)36(6)58(12)30-32(2)27-52(8,65)50(34(4)46(35(5)51(64)71-44)43-28-53(9,68-15)49(63)37(7)70-43)72-45-26-40(25-33(3)69-45)57(11)22-21-39-31-60(56-59(39)13)42(29-55)47(67-14)38-17-19-41(20-18-38)73-24-23-61/h17-20,31-37,40,42-50,56,61-63,65-66H,16,21-30H2,1-15H3/t32-,33-,34+,35-,36-,37+,40+,42-,43-,44-,45+,46?,47-,48?,49+,50-,52-,53-,54?/m1/s1. The molecule has 19 heteroatoms. The van der Waals surface area contributed by atoms with Crippen molar-refractivity contribution in [2.45, 2.75) is 203 Å². The predicted octanol–water partition coefficient (Wildman–Crippen LogP) is 5.28. The maximum atomic E-state index is 15.0. The molecule has 0 amide bonds. The van der Waals surface area contributed by atoms with Crippen LogP contribution in [0.3, 0.4) is 0 Å². The van der Waals surface area contributed by atoms with E-state index in [1.807, 2.05) is 96.0 Å². The molecule has 1 aromatic carbocycles. The zero-order valence-corrected chi connectivity index (χ0v) is 47.4. The Labute approximate surface area is 440 Å². The van der Waals surface area contributed by atoms with E-state index in [1.54, 1.807) is 51.8 Å². The minimum Gasteiger partial charge on any atom is -0.459 e. The number of nitrogens with zero attached hydrogens (tertiary/aromatic N) is 4. The first-order valence-electron chi connectivity index (χ1n) is 26.6. The molecule has 0 aliphatic carbocycles. The predicted molar refractivity (Wildman–Crippen MR) is 280 cm³/mol. The number of alkyl halides is 1. The molecule has 1 aromatic rings. The van der Waals surface area contributed by atoms with E-state index in [0.717, 1.165) is 22.6 Å². The molecule has 0 spiro atoms. The van der Waals surface area contributed by atoms with Crippen LogP contribution in [0.5, 0.6) is 0 Å². The highest BCUT2D eigenvalue weighted by molar-refractivity contribution is 7.99. The molecular weight excluding hydrogens is 962 g/mol. The molecule has 0 saturated carbocycles. The fourth-order valence-corrected chi connectivity index (χ4v) is 12.9. The first-order valence-corrected chi connectivity index (χ1v) is 27.6. The minimum atomic E-state index is -1.80. The Kier molecular flexibility index (Phi) is 22.3. The number of halogens is 1. The van der Waals surface area contributed by atoms with Crippen LogP contribution in [0.25, 0.3) is 0 Å². The third-order valence-electron chi connectivity index (χ3n) is 16.8. The first-order chi connectivity index (χ1) is 34.3. The van der Waals surface area contributed by atoms with Gasteiger partial charge in [0, 0.05) is 94.2 Å². The van der Waals surface area contributed by atoms with Gasteiger partial charge >= 0.3 is 5.97 Å². The van der Waals surface area contributed by atoms with Crippen molar-refractivity contribution >= 4 is 17.7 Å². The summed E-state index contributed by atoms with van der Waals surface area (Å²) >= 11 is 1.55. The molecule has 4 aliphatic rings. The van der Waals surface area contributed by atoms with E-state index in [1.165, 1.54) is 6.92 Å². The fourth-order valence-electron chi connectivity index (χ4n) is 12.3. The van der Waals surface area contributed by atoms with Crippen molar-refractivity contribution in [3.05, 3.63) is 41.7 Å². The molecule has 4 heterocycles. The number of hydrazine groups is 2. The van der Waals surface area contributed by atoms with E-state index in [-0.39, 0.29) is 43.9 Å². The van der Waals surface area contributed by atoms with Gasteiger partial charge in [-0.25, -0.2) is 4.39 Å². The number of carbonyl (C=O) groups is 1. The lowest BCUT2D eigenvalue weighted by molar-refractivity contribution is -0.275.